The SMILES string of the molecule is O=C(NCC1CCC(O)C1)c1ccc(Cn2cc(CO)nn2)cc1. The summed E-state index contributed by atoms with van der Waals surface area (Å²) in [6.07, 6.45) is 4.04. The molecule has 1 aromatic carbocycles. The zero-order valence-corrected chi connectivity index (χ0v) is 13.4. The molecule has 2 aromatic rings. The minimum atomic E-state index is -0.214. The van der Waals surface area contributed by atoms with Crippen LogP contribution in [0.1, 0.15) is 40.9 Å². The van der Waals surface area contributed by atoms with Gasteiger partial charge in [0.1, 0.15) is 5.69 Å². The molecule has 1 aliphatic rings. The number of carbonyl (C=O) groups is 1. The van der Waals surface area contributed by atoms with Crippen molar-refractivity contribution >= 4 is 5.91 Å². The van der Waals surface area contributed by atoms with Gasteiger partial charge in [0.05, 0.1) is 25.5 Å². The van der Waals surface area contributed by atoms with E-state index in [2.05, 4.69) is 15.6 Å². The first kappa shape index (κ1) is 16.6. The first-order valence-electron chi connectivity index (χ1n) is 8.19. The van der Waals surface area contributed by atoms with Crippen LogP contribution in [0.15, 0.2) is 30.5 Å². The van der Waals surface area contributed by atoms with E-state index in [1.165, 1.54) is 0 Å². The molecule has 7 nitrogen and oxygen atoms in total. The Kier molecular flexibility index (Phi) is 5.22. The van der Waals surface area contributed by atoms with E-state index < -0.39 is 0 Å². The molecular weight excluding hydrogens is 308 g/mol. The van der Waals surface area contributed by atoms with E-state index in [1.807, 2.05) is 12.1 Å². The van der Waals surface area contributed by atoms with Crippen LogP contribution >= 0.6 is 0 Å². The number of nitrogens with one attached hydrogen (secondary N) is 1. The number of nitrogens with zero attached hydrogens (tertiary/aromatic N) is 3. The summed E-state index contributed by atoms with van der Waals surface area (Å²) in [6, 6.07) is 7.35. The van der Waals surface area contributed by atoms with Crippen LogP contribution < -0.4 is 5.32 Å². The number of hydrogen-bond donors (Lipinski definition) is 3. The van der Waals surface area contributed by atoms with Crippen LogP contribution in [0.4, 0.5) is 0 Å². The van der Waals surface area contributed by atoms with Gasteiger partial charge >= 0.3 is 0 Å². The summed E-state index contributed by atoms with van der Waals surface area (Å²) in [5, 5.41) is 29.2. The van der Waals surface area contributed by atoms with E-state index in [4.69, 9.17) is 5.11 Å². The van der Waals surface area contributed by atoms with Gasteiger partial charge in [-0.05, 0) is 42.9 Å². The van der Waals surface area contributed by atoms with Gasteiger partial charge in [0.2, 0.25) is 0 Å². The van der Waals surface area contributed by atoms with Crippen molar-refractivity contribution in [2.75, 3.05) is 6.54 Å². The number of rotatable bonds is 6. The van der Waals surface area contributed by atoms with Crippen molar-refractivity contribution in [3.05, 3.63) is 47.3 Å². The predicted molar refractivity (Wildman–Crippen MR) is 87.2 cm³/mol. The number of amides is 1. The highest BCUT2D eigenvalue weighted by molar-refractivity contribution is 5.94. The molecule has 1 heterocycles. The molecule has 1 aliphatic carbocycles. The largest absolute Gasteiger partial charge is 0.393 e. The van der Waals surface area contributed by atoms with Gasteiger partial charge in [-0.1, -0.05) is 17.3 Å². The molecule has 7 heteroatoms. The number of hydrogen-bond acceptors (Lipinski definition) is 5. The summed E-state index contributed by atoms with van der Waals surface area (Å²) in [5.41, 5.74) is 2.15. The van der Waals surface area contributed by atoms with Crippen molar-refractivity contribution in [2.45, 2.75) is 38.5 Å². The number of aromatic nitrogens is 3. The van der Waals surface area contributed by atoms with Gasteiger partial charge in [-0.15, -0.1) is 5.10 Å². The van der Waals surface area contributed by atoms with Crippen LogP contribution in [-0.4, -0.2) is 43.8 Å². The first-order valence-corrected chi connectivity index (χ1v) is 8.19. The maximum atomic E-state index is 12.2. The van der Waals surface area contributed by atoms with Crippen LogP contribution in [0.25, 0.3) is 0 Å². The highest BCUT2D eigenvalue weighted by Crippen LogP contribution is 2.24. The Hall–Kier alpha value is -2.25. The topological polar surface area (TPSA) is 100 Å². The molecule has 1 aromatic heterocycles. The Morgan fingerprint density at radius 1 is 1.29 bits per heavy atom. The number of aliphatic hydroxyl groups excluding tert-OH is 2. The van der Waals surface area contributed by atoms with Crippen LogP contribution in [0.2, 0.25) is 0 Å². The highest BCUT2D eigenvalue weighted by atomic mass is 16.3. The van der Waals surface area contributed by atoms with Crippen molar-refractivity contribution in [1.82, 2.24) is 20.3 Å². The van der Waals surface area contributed by atoms with Crippen molar-refractivity contribution < 1.29 is 15.0 Å². The molecule has 0 spiro atoms. The molecule has 24 heavy (non-hydrogen) atoms. The van der Waals surface area contributed by atoms with Gasteiger partial charge in [0.25, 0.3) is 5.91 Å². The number of carbonyl (C=O) groups excluding carboxylic acids is 1. The second-order valence-electron chi connectivity index (χ2n) is 6.31. The van der Waals surface area contributed by atoms with E-state index >= 15 is 0 Å². The quantitative estimate of drug-likeness (QED) is 0.724. The number of benzene rings is 1. The van der Waals surface area contributed by atoms with Crippen molar-refractivity contribution in [3.63, 3.8) is 0 Å². The minimum Gasteiger partial charge on any atom is -0.393 e. The summed E-state index contributed by atoms with van der Waals surface area (Å²) in [7, 11) is 0. The van der Waals surface area contributed by atoms with E-state index in [0.717, 1.165) is 24.8 Å². The van der Waals surface area contributed by atoms with Gasteiger partial charge < -0.3 is 15.5 Å². The third kappa shape index (κ3) is 4.18. The van der Waals surface area contributed by atoms with E-state index in [1.54, 1.807) is 23.0 Å². The van der Waals surface area contributed by atoms with Gasteiger partial charge in [0, 0.05) is 12.1 Å². The third-order valence-corrected chi connectivity index (χ3v) is 4.37. The van der Waals surface area contributed by atoms with Crippen LogP contribution in [-0.2, 0) is 13.2 Å². The van der Waals surface area contributed by atoms with Crippen LogP contribution in [0.5, 0.6) is 0 Å². The van der Waals surface area contributed by atoms with Gasteiger partial charge in [-0.2, -0.15) is 0 Å². The van der Waals surface area contributed by atoms with Crippen molar-refractivity contribution in [3.8, 4) is 0 Å². The Morgan fingerprint density at radius 3 is 2.71 bits per heavy atom. The van der Waals surface area contributed by atoms with E-state index in [0.29, 0.717) is 30.3 Å². The first-order chi connectivity index (χ1) is 11.6. The average Bonchev–Trinajstić information content (AvgIpc) is 3.22. The van der Waals surface area contributed by atoms with Crippen LogP contribution in [0.3, 0.4) is 0 Å². The Balaban J connectivity index is 1.52. The van der Waals surface area contributed by atoms with E-state index in [9.17, 15) is 9.90 Å². The monoisotopic (exact) mass is 330 g/mol. The van der Waals surface area contributed by atoms with Crippen molar-refractivity contribution in [2.24, 2.45) is 5.92 Å². The maximum absolute atomic E-state index is 12.2. The smallest absolute Gasteiger partial charge is 0.251 e. The molecule has 0 bridgehead atoms. The molecule has 0 saturated heterocycles. The zero-order chi connectivity index (χ0) is 16.9. The lowest BCUT2D eigenvalue weighted by atomic mass is 10.1. The third-order valence-electron chi connectivity index (χ3n) is 4.37. The van der Waals surface area contributed by atoms with Crippen LogP contribution in [0, 0.1) is 5.92 Å². The zero-order valence-electron chi connectivity index (χ0n) is 13.4. The fourth-order valence-electron chi connectivity index (χ4n) is 3.01. The van der Waals surface area contributed by atoms with Crippen molar-refractivity contribution in [1.29, 1.82) is 0 Å². The lowest BCUT2D eigenvalue weighted by Gasteiger charge is -2.11. The molecular formula is C17H22N4O3. The molecule has 2 unspecified atom stereocenters. The standard InChI is InChI=1S/C17H22N4O3/c22-11-15-10-21(20-19-15)9-12-1-4-14(5-2-12)17(24)18-8-13-3-6-16(23)7-13/h1-2,4-5,10,13,16,22-23H,3,6-9,11H2,(H,18,24). The second kappa shape index (κ2) is 7.55. The molecule has 128 valence electrons. The van der Waals surface area contributed by atoms with Gasteiger partial charge in [0.15, 0.2) is 0 Å². The van der Waals surface area contributed by atoms with Gasteiger partial charge in [-0.25, -0.2) is 4.68 Å². The molecule has 1 fully saturated rings. The van der Waals surface area contributed by atoms with Gasteiger partial charge in [-0.3, -0.25) is 4.79 Å². The Bertz CT molecular complexity index is 683. The minimum absolute atomic E-state index is 0.0914. The molecule has 2 atom stereocenters. The number of aliphatic hydroxyl groups is 2. The van der Waals surface area contributed by atoms with E-state index in [-0.39, 0.29) is 18.6 Å². The summed E-state index contributed by atoms with van der Waals surface area (Å²) >= 11 is 0. The molecule has 1 amide bonds. The normalized spacial score (nSPS) is 20.2. The Labute approximate surface area is 140 Å². The summed E-state index contributed by atoms with van der Waals surface area (Å²) in [4.78, 5) is 12.2. The summed E-state index contributed by atoms with van der Waals surface area (Å²) in [5.74, 6) is 0.280. The molecule has 0 aliphatic heterocycles. The molecule has 1 saturated carbocycles. The lowest BCUT2D eigenvalue weighted by molar-refractivity contribution is 0.0945. The predicted octanol–water partition coefficient (Wildman–Crippen LogP) is 0.709. The molecule has 3 N–H and O–H groups in total. The average molecular weight is 330 g/mol. The summed E-state index contributed by atoms with van der Waals surface area (Å²) < 4.78 is 1.64. The fourth-order valence-corrected chi connectivity index (χ4v) is 3.01. The Morgan fingerprint density at radius 2 is 2.08 bits per heavy atom. The fraction of sp³-hybridized carbons (Fsp3) is 0.471. The highest BCUT2D eigenvalue weighted by Gasteiger charge is 2.23. The maximum Gasteiger partial charge on any atom is 0.251 e. The molecule has 3 rings (SSSR count). The second-order valence-corrected chi connectivity index (χ2v) is 6.31. The summed E-state index contributed by atoms with van der Waals surface area (Å²) in [6.45, 7) is 1.02. The molecule has 0 radical (unpaired) electrons. The lowest BCUT2D eigenvalue weighted by Crippen LogP contribution is -2.28.